The van der Waals surface area contributed by atoms with Gasteiger partial charge < -0.3 is 10.2 Å². The SMILES string of the molecule is CCCN(CC(=O)Nc1cc(C(C)(C)C)nn1-c1ccc(Cl)cc1)C(=O)CCl. The Morgan fingerprint density at radius 1 is 1.21 bits per heavy atom. The first-order chi connectivity index (χ1) is 13.2. The third-order valence-electron chi connectivity index (χ3n) is 4.11. The summed E-state index contributed by atoms with van der Waals surface area (Å²) in [6.07, 6.45) is 0.743. The molecule has 1 aromatic heterocycles. The zero-order valence-corrected chi connectivity index (χ0v) is 18.1. The second-order valence-electron chi connectivity index (χ2n) is 7.55. The van der Waals surface area contributed by atoms with Crippen LogP contribution in [0.15, 0.2) is 30.3 Å². The van der Waals surface area contributed by atoms with E-state index in [4.69, 9.17) is 23.2 Å². The van der Waals surface area contributed by atoms with Crippen molar-refractivity contribution >= 4 is 40.8 Å². The fourth-order valence-corrected chi connectivity index (χ4v) is 2.91. The molecule has 8 heteroatoms. The lowest BCUT2D eigenvalue weighted by Gasteiger charge is -2.20. The lowest BCUT2D eigenvalue weighted by Crippen LogP contribution is -2.39. The quantitative estimate of drug-likeness (QED) is 0.675. The van der Waals surface area contributed by atoms with E-state index in [1.807, 2.05) is 25.1 Å². The van der Waals surface area contributed by atoms with Gasteiger partial charge in [-0.1, -0.05) is 39.3 Å². The highest BCUT2D eigenvalue weighted by molar-refractivity contribution is 6.30. The highest BCUT2D eigenvalue weighted by atomic mass is 35.5. The molecule has 0 bridgehead atoms. The molecule has 6 nitrogen and oxygen atoms in total. The van der Waals surface area contributed by atoms with Gasteiger partial charge in [0.05, 0.1) is 17.9 Å². The van der Waals surface area contributed by atoms with E-state index in [0.29, 0.717) is 17.4 Å². The average Bonchev–Trinajstić information content (AvgIpc) is 3.05. The number of halogens is 2. The fourth-order valence-electron chi connectivity index (χ4n) is 2.62. The summed E-state index contributed by atoms with van der Waals surface area (Å²) in [4.78, 5) is 26.0. The predicted octanol–water partition coefficient (Wildman–Crippen LogP) is 4.24. The van der Waals surface area contributed by atoms with E-state index in [1.165, 1.54) is 4.90 Å². The highest BCUT2D eigenvalue weighted by Crippen LogP contribution is 2.26. The number of nitrogens with zero attached hydrogens (tertiary/aromatic N) is 3. The van der Waals surface area contributed by atoms with Crippen LogP contribution in [0.4, 0.5) is 5.82 Å². The summed E-state index contributed by atoms with van der Waals surface area (Å²) in [5.41, 5.74) is 1.41. The lowest BCUT2D eigenvalue weighted by atomic mass is 9.92. The monoisotopic (exact) mass is 424 g/mol. The Kier molecular flexibility index (Phi) is 7.49. The topological polar surface area (TPSA) is 67.2 Å². The summed E-state index contributed by atoms with van der Waals surface area (Å²) in [5, 5.41) is 8.15. The van der Waals surface area contributed by atoms with E-state index in [-0.39, 0.29) is 29.7 Å². The van der Waals surface area contributed by atoms with Crippen LogP contribution in [0.3, 0.4) is 0 Å². The van der Waals surface area contributed by atoms with Gasteiger partial charge in [0, 0.05) is 23.0 Å². The molecular weight excluding hydrogens is 399 g/mol. The number of aromatic nitrogens is 2. The minimum absolute atomic E-state index is 0.0595. The smallest absolute Gasteiger partial charge is 0.245 e. The Hall–Kier alpha value is -2.05. The van der Waals surface area contributed by atoms with Crippen LogP contribution < -0.4 is 5.32 Å². The molecule has 0 saturated carbocycles. The molecule has 0 aliphatic rings. The lowest BCUT2D eigenvalue weighted by molar-refractivity contribution is -0.132. The van der Waals surface area contributed by atoms with Crippen molar-refractivity contribution < 1.29 is 9.59 Å². The Morgan fingerprint density at radius 2 is 1.86 bits per heavy atom. The zero-order chi connectivity index (χ0) is 20.9. The van der Waals surface area contributed by atoms with Crippen LogP contribution >= 0.6 is 23.2 Å². The molecule has 0 radical (unpaired) electrons. The third kappa shape index (κ3) is 5.72. The van der Waals surface area contributed by atoms with Crippen molar-refractivity contribution in [2.45, 2.75) is 39.5 Å². The maximum absolute atomic E-state index is 12.6. The van der Waals surface area contributed by atoms with Crippen LogP contribution in [-0.4, -0.2) is 45.5 Å². The number of hydrogen-bond donors (Lipinski definition) is 1. The number of benzene rings is 1. The number of anilines is 1. The van der Waals surface area contributed by atoms with E-state index in [9.17, 15) is 9.59 Å². The summed E-state index contributed by atoms with van der Waals surface area (Å²) in [6, 6.07) is 9.04. The first kappa shape index (κ1) is 22.2. The van der Waals surface area contributed by atoms with Crippen LogP contribution in [0.1, 0.15) is 39.8 Å². The molecule has 1 N–H and O–H groups in total. The summed E-state index contributed by atoms with van der Waals surface area (Å²) >= 11 is 11.6. The van der Waals surface area contributed by atoms with Crippen molar-refractivity contribution in [2.75, 3.05) is 24.3 Å². The largest absolute Gasteiger partial charge is 0.332 e. The van der Waals surface area contributed by atoms with E-state index in [0.717, 1.165) is 17.8 Å². The molecule has 0 aliphatic carbocycles. The van der Waals surface area contributed by atoms with E-state index >= 15 is 0 Å². The van der Waals surface area contributed by atoms with Gasteiger partial charge in [0.1, 0.15) is 11.7 Å². The average molecular weight is 425 g/mol. The standard InChI is InChI=1S/C20H26Cl2N4O2/c1-5-10-25(19(28)12-21)13-18(27)23-17-11-16(20(2,3)4)24-26(17)15-8-6-14(22)7-9-15/h6-9,11H,5,10,12-13H2,1-4H3,(H,23,27). The Labute approximate surface area is 175 Å². The zero-order valence-electron chi connectivity index (χ0n) is 16.6. The van der Waals surface area contributed by atoms with Gasteiger partial charge >= 0.3 is 0 Å². The Balaban J connectivity index is 2.30. The molecule has 0 atom stereocenters. The van der Waals surface area contributed by atoms with Crippen molar-refractivity contribution in [1.82, 2.24) is 14.7 Å². The number of carbonyl (C=O) groups is 2. The van der Waals surface area contributed by atoms with Crippen LogP contribution in [0.5, 0.6) is 0 Å². The van der Waals surface area contributed by atoms with Crippen molar-refractivity contribution in [3.05, 3.63) is 41.0 Å². The second-order valence-corrected chi connectivity index (χ2v) is 8.25. The number of nitrogens with one attached hydrogen (secondary N) is 1. The van der Waals surface area contributed by atoms with Crippen molar-refractivity contribution in [3.63, 3.8) is 0 Å². The first-order valence-corrected chi connectivity index (χ1v) is 10.1. The molecule has 1 aromatic carbocycles. The fraction of sp³-hybridized carbons (Fsp3) is 0.450. The molecule has 0 saturated heterocycles. The second kappa shape index (κ2) is 9.43. The number of rotatable bonds is 7. The highest BCUT2D eigenvalue weighted by Gasteiger charge is 2.22. The molecule has 152 valence electrons. The molecule has 1 heterocycles. The number of carbonyl (C=O) groups excluding carboxylic acids is 2. The predicted molar refractivity (Wildman–Crippen MR) is 113 cm³/mol. The molecule has 0 fully saturated rings. The van der Waals surface area contributed by atoms with Gasteiger partial charge in [-0.2, -0.15) is 5.10 Å². The maximum atomic E-state index is 12.6. The van der Waals surface area contributed by atoms with Gasteiger partial charge in [-0.3, -0.25) is 9.59 Å². The third-order valence-corrected chi connectivity index (χ3v) is 4.59. The first-order valence-electron chi connectivity index (χ1n) is 9.15. The van der Waals surface area contributed by atoms with Crippen molar-refractivity contribution in [2.24, 2.45) is 0 Å². The molecule has 0 spiro atoms. The van der Waals surface area contributed by atoms with Crippen LogP contribution in [0, 0.1) is 0 Å². The normalized spacial score (nSPS) is 11.4. The summed E-state index contributed by atoms with van der Waals surface area (Å²) in [7, 11) is 0. The Morgan fingerprint density at radius 3 is 2.39 bits per heavy atom. The summed E-state index contributed by atoms with van der Waals surface area (Å²) in [5.74, 6) is -0.181. The van der Waals surface area contributed by atoms with Gasteiger partial charge in [-0.15, -0.1) is 11.6 Å². The maximum Gasteiger partial charge on any atom is 0.245 e. The van der Waals surface area contributed by atoms with Gasteiger partial charge in [0.15, 0.2) is 0 Å². The molecule has 2 rings (SSSR count). The summed E-state index contributed by atoms with van der Waals surface area (Å²) in [6.45, 7) is 8.51. The van der Waals surface area contributed by atoms with E-state index in [2.05, 4.69) is 31.2 Å². The number of alkyl halides is 1. The van der Waals surface area contributed by atoms with Crippen LogP contribution in [0.2, 0.25) is 5.02 Å². The van der Waals surface area contributed by atoms with E-state index in [1.54, 1.807) is 16.8 Å². The number of hydrogen-bond acceptors (Lipinski definition) is 3. The molecule has 2 amide bonds. The minimum atomic E-state index is -0.303. The summed E-state index contributed by atoms with van der Waals surface area (Å²) < 4.78 is 1.67. The van der Waals surface area contributed by atoms with Gasteiger partial charge in [0.2, 0.25) is 11.8 Å². The van der Waals surface area contributed by atoms with Crippen molar-refractivity contribution in [1.29, 1.82) is 0 Å². The molecule has 0 aliphatic heterocycles. The Bertz CT molecular complexity index is 826. The van der Waals surface area contributed by atoms with Crippen molar-refractivity contribution in [3.8, 4) is 5.69 Å². The minimum Gasteiger partial charge on any atom is -0.332 e. The molecule has 28 heavy (non-hydrogen) atoms. The molecule has 0 unspecified atom stereocenters. The van der Waals surface area contributed by atoms with Crippen LogP contribution in [0.25, 0.3) is 5.69 Å². The number of amides is 2. The van der Waals surface area contributed by atoms with Gasteiger partial charge in [-0.25, -0.2) is 4.68 Å². The van der Waals surface area contributed by atoms with Crippen LogP contribution in [-0.2, 0) is 15.0 Å². The van der Waals surface area contributed by atoms with Gasteiger partial charge in [-0.05, 0) is 30.7 Å². The molecular formula is C20H26Cl2N4O2. The van der Waals surface area contributed by atoms with E-state index < -0.39 is 0 Å². The van der Waals surface area contributed by atoms with Gasteiger partial charge in [0.25, 0.3) is 0 Å². The molecule has 2 aromatic rings.